The molecule has 0 saturated carbocycles. The zero-order chi connectivity index (χ0) is 21.3. The summed E-state index contributed by atoms with van der Waals surface area (Å²) in [6.45, 7) is 4.10. The molecular weight excluding hydrogens is 529 g/mol. The molecule has 0 aliphatic carbocycles. The van der Waals surface area contributed by atoms with Crippen molar-refractivity contribution in [1.29, 1.82) is 0 Å². The van der Waals surface area contributed by atoms with Gasteiger partial charge in [-0.25, -0.2) is 9.97 Å². The lowest BCUT2D eigenvalue weighted by molar-refractivity contribution is -0.131. The number of guanidine groups is 1. The molecule has 3 rings (SSSR count). The van der Waals surface area contributed by atoms with E-state index in [2.05, 4.69) is 25.2 Å². The highest BCUT2D eigenvalue weighted by atomic mass is 127. The standard InChI is InChI=1S/C21H28ClN7O.HI/c1-23-20(27(2)16-17-4-6-18(22)7-5-17)26-11-8-19(30)28-12-14-29(15-13-28)21-24-9-3-10-25-21;/h3-7,9-10H,8,11-16H2,1-2H3,(H,23,26);1H. The molecule has 0 unspecified atom stereocenters. The van der Waals surface area contributed by atoms with Gasteiger partial charge in [-0.2, -0.15) is 0 Å². The third-order valence-electron chi connectivity index (χ3n) is 5.00. The van der Waals surface area contributed by atoms with Crippen molar-refractivity contribution in [3.8, 4) is 0 Å². The van der Waals surface area contributed by atoms with Crippen molar-refractivity contribution < 1.29 is 4.79 Å². The number of hydrogen-bond acceptors (Lipinski definition) is 5. The van der Waals surface area contributed by atoms with E-state index in [1.807, 2.05) is 41.1 Å². The summed E-state index contributed by atoms with van der Waals surface area (Å²) in [4.78, 5) is 31.5. The first-order valence-electron chi connectivity index (χ1n) is 10.0. The molecule has 31 heavy (non-hydrogen) atoms. The van der Waals surface area contributed by atoms with Crippen LogP contribution in [0.15, 0.2) is 47.7 Å². The molecule has 0 atom stereocenters. The molecular formula is C21H29ClIN7O. The molecule has 1 saturated heterocycles. The fourth-order valence-corrected chi connectivity index (χ4v) is 3.50. The molecule has 0 bridgehead atoms. The summed E-state index contributed by atoms with van der Waals surface area (Å²) >= 11 is 5.94. The van der Waals surface area contributed by atoms with E-state index in [1.54, 1.807) is 25.5 Å². The summed E-state index contributed by atoms with van der Waals surface area (Å²) in [5, 5.41) is 4.00. The molecule has 1 aliphatic heterocycles. The summed E-state index contributed by atoms with van der Waals surface area (Å²) in [7, 11) is 3.71. The number of anilines is 1. The lowest BCUT2D eigenvalue weighted by atomic mass is 10.2. The van der Waals surface area contributed by atoms with E-state index < -0.39 is 0 Å². The van der Waals surface area contributed by atoms with Gasteiger partial charge in [-0.3, -0.25) is 9.79 Å². The predicted octanol–water partition coefficient (Wildman–Crippen LogP) is 2.49. The third-order valence-corrected chi connectivity index (χ3v) is 5.25. The monoisotopic (exact) mass is 557 g/mol. The van der Waals surface area contributed by atoms with Crippen LogP contribution in [-0.2, 0) is 11.3 Å². The van der Waals surface area contributed by atoms with Gasteiger partial charge in [0, 0.05) is 77.2 Å². The van der Waals surface area contributed by atoms with Crippen molar-refractivity contribution in [2.24, 2.45) is 4.99 Å². The van der Waals surface area contributed by atoms with E-state index in [0.717, 1.165) is 35.6 Å². The Morgan fingerprint density at radius 2 is 1.81 bits per heavy atom. The number of carbonyl (C=O) groups is 1. The maximum Gasteiger partial charge on any atom is 0.225 e. The number of aliphatic imine (C=N–C) groups is 1. The van der Waals surface area contributed by atoms with Crippen LogP contribution >= 0.6 is 35.6 Å². The second-order valence-corrected chi connectivity index (χ2v) is 7.56. The lowest BCUT2D eigenvalue weighted by Crippen LogP contribution is -2.50. The molecule has 0 radical (unpaired) electrons. The first-order valence-corrected chi connectivity index (χ1v) is 10.4. The Labute approximate surface area is 205 Å². The van der Waals surface area contributed by atoms with Crippen LogP contribution in [0.2, 0.25) is 5.02 Å². The van der Waals surface area contributed by atoms with E-state index >= 15 is 0 Å². The third kappa shape index (κ3) is 7.49. The first-order chi connectivity index (χ1) is 14.6. The van der Waals surface area contributed by atoms with Gasteiger partial charge in [-0.15, -0.1) is 24.0 Å². The molecule has 1 N–H and O–H groups in total. The van der Waals surface area contributed by atoms with Crippen LogP contribution in [0.5, 0.6) is 0 Å². The Balaban J connectivity index is 0.00000341. The maximum absolute atomic E-state index is 12.6. The Morgan fingerprint density at radius 3 is 2.42 bits per heavy atom. The van der Waals surface area contributed by atoms with E-state index in [0.29, 0.717) is 32.6 Å². The number of rotatable bonds is 6. The van der Waals surface area contributed by atoms with Crippen molar-refractivity contribution in [3.05, 3.63) is 53.3 Å². The number of nitrogens with zero attached hydrogens (tertiary/aromatic N) is 6. The smallest absolute Gasteiger partial charge is 0.225 e. The van der Waals surface area contributed by atoms with Crippen LogP contribution in [0.25, 0.3) is 0 Å². The molecule has 1 aliphatic rings. The topological polar surface area (TPSA) is 77.0 Å². The first kappa shape index (κ1) is 25.1. The highest BCUT2D eigenvalue weighted by Gasteiger charge is 2.22. The van der Waals surface area contributed by atoms with Gasteiger partial charge in [-0.1, -0.05) is 23.7 Å². The van der Waals surface area contributed by atoms with Gasteiger partial charge in [0.1, 0.15) is 0 Å². The fraction of sp³-hybridized carbons (Fsp3) is 0.429. The van der Waals surface area contributed by atoms with Gasteiger partial charge < -0.3 is 20.0 Å². The summed E-state index contributed by atoms with van der Waals surface area (Å²) in [6.07, 6.45) is 3.90. The van der Waals surface area contributed by atoms with Gasteiger partial charge >= 0.3 is 0 Å². The van der Waals surface area contributed by atoms with Crippen LogP contribution in [0.3, 0.4) is 0 Å². The number of nitrogens with one attached hydrogen (secondary N) is 1. The highest BCUT2D eigenvalue weighted by molar-refractivity contribution is 14.0. The number of aromatic nitrogens is 2. The highest BCUT2D eigenvalue weighted by Crippen LogP contribution is 2.12. The zero-order valence-corrected chi connectivity index (χ0v) is 21.0. The zero-order valence-electron chi connectivity index (χ0n) is 17.9. The largest absolute Gasteiger partial charge is 0.356 e. The van der Waals surface area contributed by atoms with Gasteiger partial charge in [0.2, 0.25) is 11.9 Å². The Kier molecular flexibility index (Phi) is 10.3. The van der Waals surface area contributed by atoms with E-state index in [-0.39, 0.29) is 29.9 Å². The predicted molar refractivity (Wildman–Crippen MR) is 135 cm³/mol. The van der Waals surface area contributed by atoms with E-state index in [4.69, 9.17) is 11.6 Å². The molecule has 10 heteroatoms. The Bertz CT molecular complexity index is 843. The number of halogens is 2. The average molecular weight is 558 g/mol. The normalized spacial score (nSPS) is 14.1. The maximum atomic E-state index is 12.6. The molecule has 168 valence electrons. The average Bonchev–Trinajstić information content (AvgIpc) is 2.78. The summed E-state index contributed by atoms with van der Waals surface area (Å²) in [6, 6.07) is 9.55. The Morgan fingerprint density at radius 1 is 1.16 bits per heavy atom. The molecule has 1 aromatic heterocycles. The second-order valence-electron chi connectivity index (χ2n) is 7.12. The number of piperazine rings is 1. The van der Waals surface area contributed by atoms with Crippen LogP contribution in [0.1, 0.15) is 12.0 Å². The molecule has 1 fully saturated rings. The van der Waals surface area contributed by atoms with E-state index in [9.17, 15) is 4.79 Å². The quantitative estimate of drug-likeness (QED) is 0.334. The van der Waals surface area contributed by atoms with Crippen molar-refractivity contribution in [1.82, 2.24) is 25.1 Å². The molecule has 8 nitrogen and oxygen atoms in total. The minimum Gasteiger partial charge on any atom is -0.356 e. The van der Waals surface area contributed by atoms with Gasteiger partial charge in [0.25, 0.3) is 0 Å². The van der Waals surface area contributed by atoms with Gasteiger partial charge in [0.05, 0.1) is 0 Å². The van der Waals surface area contributed by atoms with Gasteiger partial charge in [-0.05, 0) is 23.8 Å². The van der Waals surface area contributed by atoms with Crippen LogP contribution < -0.4 is 10.2 Å². The van der Waals surface area contributed by atoms with Gasteiger partial charge in [0.15, 0.2) is 5.96 Å². The van der Waals surface area contributed by atoms with Crippen LogP contribution in [0.4, 0.5) is 5.95 Å². The van der Waals surface area contributed by atoms with Crippen molar-refractivity contribution >= 4 is 53.4 Å². The summed E-state index contributed by atoms with van der Waals surface area (Å²) < 4.78 is 0. The molecule has 1 amide bonds. The minimum atomic E-state index is 0. The Hall–Kier alpha value is -2.14. The van der Waals surface area contributed by atoms with Crippen LogP contribution in [-0.4, -0.2) is 78.5 Å². The molecule has 2 heterocycles. The van der Waals surface area contributed by atoms with Crippen molar-refractivity contribution in [2.75, 3.05) is 51.7 Å². The van der Waals surface area contributed by atoms with E-state index in [1.165, 1.54) is 0 Å². The molecule has 2 aromatic rings. The number of hydrogen-bond donors (Lipinski definition) is 1. The minimum absolute atomic E-state index is 0. The van der Waals surface area contributed by atoms with Crippen molar-refractivity contribution in [3.63, 3.8) is 0 Å². The number of benzene rings is 1. The number of amides is 1. The van der Waals surface area contributed by atoms with Crippen molar-refractivity contribution in [2.45, 2.75) is 13.0 Å². The summed E-state index contributed by atoms with van der Waals surface area (Å²) in [5.41, 5.74) is 1.14. The summed E-state index contributed by atoms with van der Waals surface area (Å²) in [5.74, 6) is 1.62. The lowest BCUT2D eigenvalue weighted by Gasteiger charge is -2.34. The molecule has 0 spiro atoms. The SMILES string of the molecule is CN=C(NCCC(=O)N1CCN(c2ncccn2)CC1)N(C)Cc1ccc(Cl)cc1.I. The number of carbonyl (C=O) groups excluding carboxylic acids is 1. The molecule has 1 aromatic carbocycles. The fourth-order valence-electron chi connectivity index (χ4n) is 3.37. The second kappa shape index (κ2) is 12.7. The van der Waals surface area contributed by atoms with Crippen LogP contribution in [0, 0.1) is 0 Å².